The first-order valence-corrected chi connectivity index (χ1v) is 6.86. The van der Waals surface area contributed by atoms with Crippen LogP contribution in [0.5, 0.6) is 0 Å². The zero-order chi connectivity index (χ0) is 10.9. The zero-order valence-corrected chi connectivity index (χ0v) is 10.9. The fraction of sp³-hybridized carbons (Fsp3) is 0.769. The summed E-state index contributed by atoms with van der Waals surface area (Å²) in [4.78, 5) is 12.8. The lowest BCUT2D eigenvalue weighted by Gasteiger charge is -2.41. The Labute approximate surface area is 100 Å². The first kappa shape index (κ1) is 11.4. The maximum Gasteiger partial charge on any atom is 0.120 e. The predicted molar refractivity (Wildman–Crippen MR) is 65.9 cm³/mol. The quantitative estimate of drug-likeness (QED) is 0.692. The number of carbonyl (C=O) groups excluding carboxylic acids is 1. The molecule has 0 saturated heterocycles. The first-order valence-electron chi connectivity index (χ1n) is 5.95. The van der Waals surface area contributed by atoms with E-state index in [9.17, 15) is 4.79 Å². The van der Waals surface area contributed by atoms with Crippen LogP contribution in [0.3, 0.4) is 0 Å². The van der Waals surface area contributed by atoms with Gasteiger partial charge in [0.25, 0.3) is 0 Å². The van der Waals surface area contributed by atoms with Crippen molar-refractivity contribution in [3.8, 4) is 0 Å². The van der Waals surface area contributed by atoms with Crippen molar-refractivity contribution in [2.75, 3.05) is 0 Å². The van der Waals surface area contributed by atoms with Crippen LogP contribution in [0.1, 0.15) is 45.4 Å². The fourth-order valence-electron chi connectivity index (χ4n) is 3.78. The van der Waals surface area contributed by atoms with Crippen molar-refractivity contribution >= 4 is 22.2 Å². The molecule has 2 aliphatic carbocycles. The van der Waals surface area contributed by atoms with Crippen LogP contribution in [0.2, 0.25) is 0 Å². The van der Waals surface area contributed by atoms with Gasteiger partial charge in [-0.05, 0) is 54.3 Å². The number of allylic oxidation sites excluding steroid dienone is 1. The molecule has 0 aliphatic heterocycles. The van der Waals surface area contributed by atoms with Gasteiger partial charge in [-0.15, -0.1) is 0 Å². The van der Waals surface area contributed by atoms with Crippen LogP contribution >= 0.6 is 15.9 Å². The molecule has 2 rings (SSSR count). The Morgan fingerprint density at radius 1 is 1.53 bits per heavy atom. The summed E-state index contributed by atoms with van der Waals surface area (Å²) in [6, 6.07) is 0. The molecule has 2 heteroatoms. The number of aldehydes is 1. The second-order valence-corrected chi connectivity index (χ2v) is 5.73. The molecule has 0 bridgehead atoms. The normalized spacial score (nSPS) is 42.9. The molecule has 0 heterocycles. The molecule has 1 nitrogen and oxygen atoms in total. The maximum atomic E-state index is 10.7. The summed E-state index contributed by atoms with van der Waals surface area (Å²) >= 11 is 3.50. The molecule has 0 N–H and O–H groups in total. The molecular weight excluding hydrogens is 252 g/mol. The number of fused-ring (bicyclic) bond motifs is 1. The second kappa shape index (κ2) is 4.40. The average Bonchev–Trinajstić information content (AvgIpc) is 2.56. The smallest absolute Gasteiger partial charge is 0.120 e. The van der Waals surface area contributed by atoms with Crippen molar-refractivity contribution in [1.82, 2.24) is 0 Å². The van der Waals surface area contributed by atoms with Crippen molar-refractivity contribution in [2.24, 2.45) is 17.3 Å². The Kier molecular flexibility index (Phi) is 3.34. The number of halogens is 1. The van der Waals surface area contributed by atoms with Gasteiger partial charge in [-0.2, -0.15) is 0 Å². The fourth-order valence-corrected chi connectivity index (χ4v) is 4.33. The lowest BCUT2D eigenvalue weighted by Crippen LogP contribution is -2.33. The number of rotatable bonds is 2. The molecule has 2 aliphatic rings. The molecule has 15 heavy (non-hydrogen) atoms. The van der Waals surface area contributed by atoms with E-state index in [2.05, 4.69) is 27.8 Å². The molecule has 0 aromatic carbocycles. The van der Waals surface area contributed by atoms with E-state index < -0.39 is 0 Å². The molecule has 1 unspecified atom stereocenters. The first-order chi connectivity index (χ1) is 7.22. The van der Waals surface area contributed by atoms with E-state index in [1.807, 2.05) is 0 Å². The molecule has 0 aromatic heterocycles. The van der Waals surface area contributed by atoms with Gasteiger partial charge in [-0.1, -0.05) is 28.4 Å². The van der Waals surface area contributed by atoms with Gasteiger partial charge in [0.2, 0.25) is 0 Å². The number of hydrogen-bond acceptors (Lipinski definition) is 1. The third-order valence-corrected chi connectivity index (χ3v) is 5.27. The minimum atomic E-state index is 0.402. The Morgan fingerprint density at radius 3 is 3.00 bits per heavy atom. The van der Waals surface area contributed by atoms with Gasteiger partial charge >= 0.3 is 0 Å². The summed E-state index contributed by atoms with van der Waals surface area (Å²) in [5, 5.41) is 0. The van der Waals surface area contributed by atoms with Gasteiger partial charge in [-0.25, -0.2) is 0 Å². The van der Waals surface area contributed by atoms with Crippen molar-refractivity contribution < 1.29 is 4.79 Å². The predicted octanol–water partition coefficient (Wildman–Crippen LogP) is 4.07. The molecule has 0 radical (unpaired) electrons. The highest BCUT2D eigenvalue weighted by Crippen LogP contribution is 2.58. The van der Waals surface area contributed by atoms with Gasteiger partial charge in [0, 0.05) is 6.42 Å². The van der Waals surface area contributed by atoms with Crippen LogP contribution in [-0.2, 0) is 4.79 Å². The Balaban J connectivity index is 2.22. The van der Waals surface area contributed by atoms with Gasteiger partial charge < -0.3 is 4.79 Å². The lowest BCUT2D eigenvalue weighted by molar-refractivity contribution is -0.109. The number of carbonyl (C=O) groups is 1. The molecule has 84 valence electrons. The van der Waals surface area contributed by atoms with Crippen molar-refractivity contribution in [2.45, 2.75) is 45.4 Å². The monoisotopic (exact) mass is 270 g/mol. The van der Waals surface area contributed by atoms with E-state index in [1.165, 1.54) is 32.1 Å². The van der Waals surface area contributed by atoms with Crippen molar-refractivity contribution in [3.63, 3.8) is 0 Å². The van der Waals surface area contributed by atoms with Gasteiger partial charge in [-0.3, -0.25) is 0 Å². The SMILES string of the molecule is C[C@]12CCC/C(=C\Br)[C@@H]1CCC2CC=O. The van der Waals surface area contributed by atoms with Crippen LogP contribution in [0.15, 0.2) is 10.6 Å². The van der Waals surface area contributed by atoms with E-state index >= 15 is 0 Å². The van der Waals surface area contributed by atoms with E-state index in [0.717, 1.165) is 18.6 Å². The Morgan fingerprint density at radius 2 is 2.33 bits per heavy atom. The minimum absolute atomic E-state index is 0.402. The molecule has 0 amide bonds. The van der Waals surface area contributed by atoms with Gasteiger partial charge in [0.1, 0.15) is 6.29 Å². The highest BCUT2D eigenvalue weighted by molar-refractivity contribution is 9.11. The molecule has 3 atom stereocenters. The van der Waals surface area contributed by atoms with Crippen LogP contribution in [0, 0.1) is 17.3 Å². The molecule has 0 aromatic rings. The lowest BCUT2D eigenvalue weighted by atomic mass is 9.63. The second-order valence-electron chi connectivity index (χ2n) is 5.27. The summed E-state index contributed by atoms with van der Waals surface area (Å²) in [5.74, 6) is 1.36. The highest BCUT2D eigenvalue weighted by atomic mass is 79.9. The van der Waals surface area contributed by atoms with Crippen molar-refractivity contribution in [1.29, 1.82) is 0 Å². The summed E-state index contributed by atoms with van der Waals surface area (Å²) in [5.41, 5.74) is 1.98. The summed E-state index contributed by atoms with van der Waals surface area (Å²) < 4.78 is 0. The van der Waals surface area contributed by atoms with Crippen molar-refractivity contribution in [3.05, 3.63) is 10.6 Å². The highest BCUT2D eigenvalue weighted by Gasteiger charge is 2.48. The van der Waals surface area contributed by atoms with Gasteiger partial charge in [0.05, 0.1) is 0 Å². The summed E-state index contributed by atoms with van der Waals surface area (Å²) in [7, 11) is 0. The largest absolute Gasteiger partial charge is 0.303 e. The van der Waals surface area contributed by atoms with E-state index in [1.54, 1.807) is 5.57 Å². The van der Waals surface area contributed by atoms with Crippen LogP contribution in [0.4, 0.5) is 0 Å². The van der Waals surface area contributed by atoms with Gasteiger partial charge in [0.15, 0.2) is 0 Å². The third-order valence-electron chi connectivity index (χ3n) is 4.68. The van der Waals surface area contributed by atoms with Crippen LogP contribution in [-0.4, -0.2) is 6.29 Å². The topological polar surface area (TPSA) is 17.1 Å². The Bertz CT molecular complexity index is 284. The third kappa shape index (κ3) is 1.82. The molecule has 2 saturated carbocycles. The van der Waals surface area contributed by atoms with E-state index in [-0.39, 0.29) is 0 Å². The van der Waals surface area contributed by atoms with Crippen LogP contribution < -0.4 is 0 Å². The molecule has 2 fully saturated rings. The standard InChI is InChI=1S/C13H19BrO/c1-13-7-2-3-10(9-14)12(13)5-4-11(13)6-8-15/h8-9,11-12H,2-7H2,1H3/b10-9+/t11?,12-,13+/m0/s1. The van der Waals surface area contributed by atoms with E-state index in [0.29, 0.717) is 11.3 Å². The zero-order valence-electron chi connectivity index (χ0n) is 9.34. The summed E-state index contributed by atoms with van der Waals surface area (Å²) in [6.45, 7) is 2.40. The summed E-state index contributed by atoms with van der Waals surface area (Å²) in [6.07, 6.45) is 8.25. The molecular formula is C13H19BrO. The molecule has 0 spiro atoms. The van der Waals surface area contributed by atoms with E-state index in [4.69, 9.17) is 0 Å². The Hall–Kier alpha value is -0.110. The maximum absolute atomic E-state index is 10.7. The average molecular weight is 271 g/mol. The van der Waals surface area contributed by atoms with Crippen LogP contribution in [0.25, 0.3) is 0 Å². The number of hydrogen-bond donors (Lipinski definition) is 0. The minimum Gasteiger partial charge on any atom is -0.303 e.